The van der Waals surface area contributed by atoms with Crippen LogP contribution in [-0.4, -0.2) is 24.2 Å². The molecule has 1 heterocycles. The minimum atomic E-state index is 0.327. The number of hydrogen-bond acceptors (Lipinski definition) is 2. The molecule has 0 bridgehead atoms. The monoisotopic (exact) mass is 269 g/mol. The fourth-order valence-electron chi connectivity index (χ4n) is 2.14. The van der Waals surface area contributed by atoms with Crippen molar-refractivity contribution in [3.8, 4) is 0 Å². The van der Waals surface area contributed by atoms with Crippen molar-refractivity contribution in [3.05, 3.63) is 29.8 Å². The minimum Gasteiger partial charge on any atom is -0.316 e. The van der Waals surface area contributed by atoms with Crippen LogP contribution in [0.1, 0.15) is 31.2 Å². The van der Waals surface area contributed by atoms with Crippen LogP contribution in [0.25, 0.3) is 0 Å². The maximum atomic E-state index is 6.10. The second-order valence-corrected chi connectivity index (χ2v) is 6.22. The summed E-state index contributed by atoms with van der Waals surface area (Å²) in [6, 6.07) is 8.76. The Morgan fingerprint density at radius 3 is 3.12 bits per heavy atom. The summed E-state index contributed by atoms with van der Waals surface area (Å²) in [6.45, 7) is 4.25. The Morgan fingerprint density at radius 2 is 2.29 bits per heavy atom. The molecule has 0 spiro atoms. The molecule has 1 aromatic carbocycles. The molecular formula is C14H20ClNS. The van der Waals surface area contributed by atoms with Gasteiger partial charge in [-0.15, -0.1) is 23.4 Å². The Labute approximate surface area is 113 Å². The maximum Gasteiger partial charge on any atom is 0.0345 e. The van der Waals surface area contributed by atoms with Crippen LogP contribution in [0.4, 0.5) is 0 Å². The van der Waals surface area contributed by atoms with Gasteiger partial charge in [-0.1, -0.05) is 25.1 Å². The van der Waals surface area contributed by atoms with Crippen molar-refractivity contribution in [2.75, 3.05) is 18.8 Å². The summed E-state index contributed by atoms with van der Waals surface area (Å²) in [7, 11) is 0. The van der Waals surface area contributed by atoms with Crippen molar-refractivity contribution in [2.45, 2.75) is 36.0 Å². The zero-order chi connectivity index (χ0) is 12.1. The summed E-state index contributed by atoms with van der Waals surface area (Å²) in [5.41, 5.74) is 1.52. The van der Waals surface area contributed by atoms with E-state index >= 15 is 0 Å². The van der Waals surface area contributed by atoms with E-state index in [0.717, 1.165) is 25.9 Å². The van der Waals surface area contributed by atoms with Crippen LogP contribution in [0.3, 0.4) is 0 Å². The number of hydrogen-bond donors (Lipinski definition) is 1. The first-order valence-corrected chi connectivity index (χ1v) is 7.80. The third-order valence-electron chi connectivity index (χ3n) is 3.27. The summed E-state index contributed by atoms with van der Waals surface area (Å²) < 4.78 is 0. The number of halogens is 1. The topological polar surface area (TPSA) is 12.0 Å². The van der Waals surface area contributed by atoms with E-state index < -0.39 is 0 Å². The molecule has 0 amide bonds. The smallest absolute Gasteiger partial charge is 0.0345 e. The van der Waals surface area contributed by atoms with Gasteiger partial charge < -0.3 is 5.32 Å². The first kappa shape index (κ1) is 13.3. The highest BCUT2D eigenvalue weighted by Crippen LogP contribution is 2.38. The van der Waals surface area contributed by atoms with Gasteiger partial charge in [0.1, 0.15) is 0 Å². The molecule has 0 saturated carbocycles. The fourth-order valence-corrected chi connectivity index (χ4v) is 3.50. The molecule has 0 aliphatic carbocycles. The summed E-state index contributed by atoms with van der Waals surface area (Å²) in [5.74, 6) is 1.89. The third-order valence-corrected chi connectivity index (χ3v) is 5.05. The van der Waals surface area contributed by atoms with Crippen LogP contribution in [0.2, 0.25) is 0 Å². The standard InChI is InChI=1S/C14H20ClNS/c1-2-12(15)7-8-16-9-11-10-17-14-6-4-3-5-13(11)14/h3-6,11-12,16H,2,7-10H2,1H3. The van der Waals surface area contributed by atoms with Crippen molar-refractivity contribution >= 4 is 23.4 Å². The molecule has 1 nitrogen and oxygen atoms in total. The normalized spacial score (nSPS) is 20.2. The number of nitrogens with one attached hydrogen (secondary N) is 1. The molecule has 0 radical (unpaired) electrons. The average Bonchev–Trinajstić information content (AvgIpc) is 2.78. The number of alkyl halides is 1. The molecular weight excluding hydrogens is 250 g/mol. The van der Waals surface area contributed by atoms with Crippen molar-refractivity contribution in [1.29, 1.82) is 0 Å². The van der Waals surface area contributed by atoms with Gasteiger partial charge >= 0.3 is 0 Å². The van der Waals surface area contributed by atoms with E-state index in [4.69, 9.17) is 11.6 Å². The molecule has 0 saturated heterocycles. The van der Waals surface area contributed by atoms with Gasteiger partial charge in [0.25, 0.3) is 0 Å². The third kappa shape index (κ3) is 3.64. The van der Waals surface area contributed by atoms with Crippen LogP contribution >= 0.6 is 23.4 Å². The van der Waals surface area contributed by atoms with Crippen LogP contribution in [0, 0.1) is 0 Å². The molecule has 2 rings (SSSR count). The molecule has 94 valence electrons. The van der Waals surface area contributed by atoms with Gasteiger partial charge in [0.15, 0.2) is 0 Å². The minimum absolute atomic E-state index is 0.327. The first-order chi connectivity index (χ1) is 8.31. The summed E-state index contributed by atoms with van der Waals surface area (Å²) in [6.07, 6.45) is 2.13. The maximum absolute atomic E-state index is 6.10. The Balaban J connectivity index is 1.75. The molecule has 2 unspecified atom stereocenters. The van der Waals surface area contributed by atoms with Gasteiger partial charge in [0, 0.05) is 28.5 Å². The lowest BCUT2D eigenvalue weighted by atomic mass is 10.0. The van der Waals surface area contributed by atoms with Gasteiger partial charge in [-0.3, -0.25) is 0 Å². The lowest BCUT2D eigenvalue weighted by molar-refractivity contribution is 0.585. The average molecular weight is 270 g/mol. The van der Waals surface area contributed by atoms with E-state index in [1.165, 1.54) is 16.2 Å². The van der Waals surface area contributed by atoms with Crippen molar-refractivity contribution in [1.82, 2.24) is 5.32 Å². The molecule has 0 aromatic heterocycles. The summed E-state index contributed by atoms with van der Waals surface area (Å²) >= 11 is 8.08. The van der Waals surface area contributed by atoms with E-state index in [2.05, 4.69) is 36.5 Å². The van der Waals surface area contributed by atoms with E-state index in [-0.39, 0.29) is 0 Å². The van der Waals surface area contributed by atoms with E-state index in [1.807, 2.05) is 11.8 Å². The Kier molecular flexibility index (Phi) is 5.20. The molecule has 2 atom stereocenters. The molecule has 3 heteroatoms. The van der Waals surface area contributed by atoms with Gasteiger partial charge in [0.05, 0.1) is 0 Å². The summed E-state index contributed by atoms with van der Waals surface area (Å²) in [5, 5.41) is 3.86. The lowest BCUT2D eigenvalue weighted by Crippen LogP contribution is -2.24. The molecule has 1 N–H and O–H groups in total. The van der Waals surface area contributed by atoms with E-state index in [9.17, 15) is 0 Å². The molecule has 17 heavy (non-hydrogen) atoms. The van der Waals surface area contributed by atoms with E-state index in [1.54, 1.807) is 0 Å². The SMILES string of the molecule is CCC(Cl)CCNCC1CSc2ccccc21. The Hall–Kier alpha value is -0.180. The second-order valence-electron chi connectivity index (χ2n) is 4.54. The van der Waals surface area contributed by atoms with E-state index in [0.29, 0.717) is 11.3 Å². The predicted molar refractivity (Wildman–Crippen MR) is 77.3 cm³/mol. The van der Waals surface area contributed by atoms with Crippen molar-refractivity contribution in [2.24, 2.45) is 0 Å². The summed E-state index contributed by atoms with van der Waals surface area (Å²) in [4.78, 5) is 1.46. The number of rotatable bonds is 6. The van der Waals surface area contributed by atoms with Gasteiger partial charge in [-0.25, -0.2) is 0 Å². The Morgan fingerprint density at radius 1 is 1.47 bits per heavy atom. The predicted octanol–water partition coefficient (Wildman–Crippen LogP) is 3.87. The fraction of sp³-hybridized carbons (Fsp3) is 0.571. The zero-order valence-electron chi connectivity index (χ0n) is 10.3. The highest BCUT2D eigenvalue weighted by molar-refractivity contribution is 7.99. The first-order valence-electron chi connectivity index (χ1n) is 6.37. The largest absolute Gasteiger partial charge is 0.316 e. The highest BCUT2D eigenvalue weighted by Gasteiger charge is 2.21. The van der Waals surface area contributed by atoms with Crippen LogP contribution in [0.15, 0.2) is 29.2 Å². The lowest BCUT2D eigenvalue weighted by Gasteiger charge is -2.13. The van der Waals surface area contributed by atoms with Crippen LogP contribution < -0.4 is 5.32 Å². The van der Waals surface area contributed by atoms with Crippen LogP contribution in [0.5, 0.6) is 0 Å². The van der Waals surface area contributed by atoms with Crippen molar-refractivity contribution < 1.29 is 0 Å². The molecule has 1 aliphatic heterocycles. The van der Waals surface area contributed by atoms with Crippen molar-refractivity contribution in [3.63, 3.8) is 0 Å². The Bertz CT molecular complexity index is 356. The zero-order valence-corrected chi connectivity index (χ0v) is 11.9. The van der Waals surface area contributed by atoms with Gasteiger partial charge in [0.2, 0.25) is 0 Å². The second kappa shape index (κ2) is 6.67. The molecule has 1 aliphatic rings. The quantitative estimate of drug-likeness (QED) is 0.621. The molecule has 1 aromatic rings. The number of fused-ring (bicyclic) bond motifs is 1. The van der Waals surface area contributed by atoms with Gasteiger partial charge in [-0.05, 0) is 31.0 Å². The number of benzene rings is 1. The highest BCUT2D eigenvalue weighted by atomic mass is 35.5. The van der Waals surface area contributed by atoms with Gasteiger partial charge in [-0.2, -0.15) is 0 Å². The van der Waals surface area contributed by atoms with Crippen LogP contribution in [-0.2, 0) is 0 Å². The number of thioether (sulfide) groups is 1. The molecule has 0 fully saturated rings.